The van der Waals surface area contributed by atoms with Crippen molar-refractivity contribution in [3.8, 4) is 0 Å². The van der Waals surface area contributed by atoms with Gasteiger partial charge in [0, 0.05) is 18.8 Å². The van der Waals surface area contributed by atoms with E-state index in [4.69, 9.17) is 5.73 Å². The lowest BCUT2D eigenvalue weighted by Gasteiger charge is -2.17. The van der Waals surface area contributed by atoms with Gasteiger partial charge in [0.15, 0.2) is 11.5 Å². The van der Waals surface area contributed by atoms with Crippen molar-refractivity contribution in [3.63, 3.8) is 0 Å². The third-order valence-corrected chi connectivity index (χ3v) is 4.48. The number of imidazole rings is 1. The fourth-order valence-corrected chi connectivity index (χ4v) is 3.41. The molecule has 1 fully saturated rings. The fourth-order valence-electron chi connectivity index (χ4n) is 2.08. The Morgan fingerprint density at radius 3 is 3.00 bits per heavy atom. The molecule has 3 atom stereocenters. The lowest BCUT2D eigenvalue weighted by molar-refractivity contribution is 0.139. The van der Waals surface area contributed by atoms with Gasteiger partial charge < -0.3 is 16.2 Å². The molecule has 1 saturated heterocycles. The molecule has 2 aromatic heterocycles. The Morgan fingerprint density at radius 1 is 1.50 bits per heavy atom. The maximum Gasteiger partial charge on any atom is 0.166 e. The molecule has 3 unspecified atom stereocenters. The number of aliphatic hydroxyl groups is 1. The number of nitrogens with one attached hydrogen (secondary N) is 1. The molecule has 8 heteroatoms. The van der Waals surface area contributed by atoms with Crippen molar-refractivity contribution in [1.82, 2.24) is 19.5 Å². The molecule has 0 amide bonds. The smallest absolute Gasteiger partial charge is 0.166 e. The molecule has 1 aliphatic heterocycles. The Balaban J connectivity index is 2.08. The van der Waals surface area contributed by atoms with E-state index in [1.54, 1.807) is 25.1 Å². The number of hydrogen-bond acceptors (Lipinski definition) is 7. The minimum Gasteiger partial charge on any atom is -0.388 e. The van der Waals surface area contributed by atoms with Crippen molar-refractivity contribution >= 4 is 28.7 Å². The molecule has 0 aromatic carbocycles. The monoisotopic (exact) mass is 266 g/mol. The van der Waals surface area contributed by atoms with Crippen LogP contribution in [0.15, 0.2) is 12.7 Å². The van der Waals surface area contributed by atoms with Crippen LogP contribution in [-0.4, -0.2) is 49.6 Å². The topological polar surface area (TPSA) is 102 Å². The molecule has 0 aliphatic carbocycles. The van der Waals surface area contributed by atoms with Crippen LogP contribution in [-0.2, 0) is 0 Å². The van der Waals surface area contributed by atoms with Crippen LogP contribution in [0.3, 0.4) is 0 Å². The summed E-state index contributed by atoms with van der Waals surface area (Å²) >= 11 is 1.61. The van der Waals surface area contributed by atoms with Crippen molar-refractivity contribution in [2.45, 2.75) is 17.5 Å². The van der Waals surface area contributed by atoms with Gasteiger partial charge in [0.25, 0.3) is 0 Å². The van der Waals surface area contributed by atoms with Crippen LogP contribution in [0.5, 0.6) is 0 Å². The summed E-state index contributed by atoms with van der Waals surface area (Å²) in [6.07, 6.45) is 2.58. The van der Waals surface area contributed by atoms with Crippen LogP contribution >= 0.6 is 11.8 Å². The predicted octanol–water partition coefficient (Wildman–Crippen LogP) is -0.198. The number of nitrogens with zero attached hydrogens (tertiary/aromatic N) is 4. The average molecular weight is 266 g/mol. The zero-order valence-electron chi connectivity index (χ0n) is 9.82. The Labute approximate surface area is 108 Å². The molecular weight excluding hydrogens is 252 g/mol. The van der Waals surface area contributed by atoms with Crippen molar-refractivity contribution < 1.29 is 5.11 Å². The largest absolute Gasteiger partial charge is 0.388 e. The van der Waals surface area contributed by atoms with Crippen LogP contribution in [0.4, 0.5) is 5.82 Å². The quantitative estimate of drug-likeness (QED) is 0.692. The molecule has 2 aromatic rings. The maximum atomic E-state index is 10.1. The van der Waals surface area contributed by atoms with Crippen LogP contribution in [0.2, 0.25) is 0 Å². The first-order chi connectivity index (χ1) is 8.72. The molecule has 18 heavy (non-hydrogen) atoms. The highest BCUT2D eigenvalue weighted by Crippen LogP contribution is 2.37. The normalized spacial score (nSPS) is 27.8. The summed E-state index contributed by atoms with van der Waals surface area (Å²) in [6, 6.07) is -0.206. The van der Waals surface area contributed by atoms with Gasteiger partial charge in [-0.15, -0.1) is 11.8 Å². The molecule has 4 N–H and O–H groups in total. The Kier molecular flexibility index (Phi) is 2.84. The van der Waals surface area contributed by atoms with Gasteiger partial charge in [0.2, 0.25) is 0 Å². The van der Waals surface area contributed by atoms with E-state index in [-0.39, 0.29) is 11.4 Å². The first kappa shape index (κ1) is 11.7. The molecule has 0 radical (unpaired) electrons. The van der Waals surface area contributed by atoms with E-state index in [0.717, 1.165) is 5.75 Å². The Morgan fingerprint density at radius 2 is 2.33 bits per heavy atom. The number of thioether (sulfide) groups is 1. The molecule has 0 bridgehead atoms. The van der Waals surface area contributed by atoms with E-state index in [0.29, 0.717) is 17.0 Å². The molecule has 7 nitrogen and oxygen atoms in total. The van der Waals surface area contributed by atoms with Crippen LogP contribution in [0, 0.1) is 0 Å². The average Bonchev–Trinajstić information content (AvgIpc) is 2.94. The first-order valence-electron chi connectivity index (χ1n) is 5.63. The standard InChI is InChI=1S/C10H14N6OS/c1-12-8-6-9(14-3-13-8)16(4-15-6)10-7(17)5(11)2-18-10/h3-5,7,10,17H,2,11H2,1H3,(H,12,13,14). The minimum absolute atomic E-state index is 0.135. The summed E-state index contributed by atoms with van der Waals surface area (Å²) in [5.74, 6) is 1.41. The van der Waals surface area contributed by atoms with E-state index in [1.165, 1.54) is 6.33 Å². The lowest BCUT2D eigenvalue weighted by atomic mass is 10.2. The van der Waals surface area contributed by atoms with Gasteiger partial charge in [-0.3, -0.25) is 4.57 Å². The van der Waals surface area contributed by atoms with Gasteiger partial charge in [-0.25, -0.2) is 15.0 Å². The number of aromatic nitrogens is 4. The highest BCUT2D eigenvalue weighted by Gasteiger charge is 2.35. The van der Waals surface area contributed by atoms with Gasteiger partial charge in [-0.1, -0.05) is 0 Å². The van der Waals surface area contributed by atoms with Crippen LogP contribution in [0.1, 0.15) is 5.37 Å². The third kappa shape index (κ3) is 1.64. The van der Waals surface area contributed by atoms with Crippen LogP contribution < -0.4 is 11.1 Å². The van der Waals surface area contributed by atoms with E-state index in [2.05, 4.69) is 20.3 Å². The second-order valence-electron chi connectivity index (χ2n) is 4.17. The van der Waals surface area contributed by atoms with Crippen molar-refractivity contribution in [3.05, 3.63) is 12.7 Å². The Bertz CT molecular complexity index is 572. The van der Waals surface area contributed by atoms with Gasteiger partial charge in [0.05, 0.1) is 6.33 Å². The molecule has 0 spiro atoms. The zero-order valence-corrected chi connectivity index (χ0v) is 10.6. The van der Waals surface area contributed by atoms with E-state index in [1.807, 2.05) is 4.57 Å². The molecular formula is C10H14N6OS. The van der Waals surface area contributed by atoms with E-state index >= 15 is 0 Å². The minimum atomic E-state index is -0.583. The first-order valence-corrected chi connectivity index (χ1v) is 6.68. The van der Waals surface area contributed by atoms with Gasteiger partial charge >= 0.3 is 0 Å². The van der Waals surface area contributed by atoms with Crippen LogP contribution in [0.25, 0.3) is 11.2 Å². The second kappa shape index (κ2) is 4.38. The van der Waals surface area contributed by atoms with Gasteiger partial charge in [0.1, 0.15) is 23.3 Å². The SMILES string of the molecule is CNc1ncnc2c1ncn2C1SCC(N)C1O. The van der Waals surface area contributed by atoms with Gasteiger partial charge in [-0.05, 0) is 0 Å². The summed E-state index contributed by atoms with van der Waals surface area (Å²) in [5.41, 5.74) is 7.24. The number of anilines is 1. The number of fused-ring (bicyclic) bond motifs is 1. The summed E-state index contributed by atoms with van der Waals surface area (Å²) in [7, 11) is 1.79. The van der Waals surface area contributed by atoms with Crippen molar-refractivity contribution in [2.24, 2.45) is 5.73 Å². The number of rotatable bonds is 2. The molecule has 1 aliphatic rings. The highest BCUT2D eigenvalue weighted by molar-refractivity contribution is 7.99. The third-order valence-electron chi connectivity index (χ3n) is 3.06. The molecule has 96 valence electrons. The number of hydrogen-bond donors (Lipinski definition) is 3. The summed E-state index contributed by atoms with van der Waals surface area (Å²) in [6.45, 7) is 0. The summed E-state index contributed by atoms with van der Waals surface area (Å²) in [4.78, 5) is 12.6. The lowest BCUT2D eigenvalue weighted by Crippen LogP contribution is -2.35. The molecule has 3 rings (SSSR count). The second-order valence-corrected chi connectivity index (χ2v) is 5.32. The molecule has 3 heterocycles. The Hall–Kier alpha value is -1.38. The zero-order chi connectivity index (χ0) is 12.7. The van der Waals surface area contributed by atoms with Crippen molar-refractivity contribution in [1.29, 1.82) is 0 Å². The van der Waals surface area contributed by atoms with Crippen molar-refractivity contribution in [2.75, 3.05) is 18.1 Å². The number of nitrogens with two attached hydrogens (primary N) is 1. The fraction of sp³-hybridized carbons (Fsp3) is 0.500. The summed E-state index contributed by atoms with van der Waals surface area (Å²) < 4.78 is 1.86. The van der Waals surface area contributed by atoms with E-state index < -0.39 is 6.10 Å². The molecule has 0 saturated carbocycles. The van der Waals surface area contributed by atoms with E-state index in [9.17, 15) is 5.11 Å². The maximum absolute atomic E-state index is 10.1. The number of aliphatic hydroxyl groups excluding tert-OH is 1. The van der Waals surface area contributed by atoms with Gasteiger partial charge in [-0.2, -0.15) is 0 Å². The summed E-state index contributed by atoms with van der Waals surface area (Å²) in [5, 5.41) is 12.9. The predicted molar refractivity (Wildman–Crippen MR) is 70.3 cm³/mol. The highest BCUT2D eigenvalue weighted by atomic mass is 32.2.